The minimum atomic E-state index is -0.309. The lowest BCUT2D eigenvalue weighted by Gasteiger charge is -2.10. The van der Waals surface area contributed by atoms with Gasteiger partial charge in [0.25, 0.3) is 0 Å². The summed E-state index contributed by atoms with van der Waals surface area (Å²) in [6.45, 7) is 3.73. The number of aromatic amines is 1. The van der Waals surface area contributed by atoms with Gasteiger partial charge in [-0.2, -0.15) is 0 Å². The van der Waals surface area contributed by atoms with Gasteiger partial charge in [0.15, 0.2) is 11.0 Å². The molecule has 2 aromatic rings. The molecule has 0 bridgehead atoms. The molecule has 4 N–H and O–H groups in total. The number of aromatic nitrogens is 4. The Morgan fingerprint density at radius 1 is 1.62 bits per heavy atom. The Hall–Kier alpha value is -2.00. The molecule has 0 aliphatic heterocycles. The topological polar surface area (TPSA) is 122 Å². The second-order valence-corrected chi connectivity index (χ2v) is 5.67. The molecule has 0 unspecified atom stereocenters. The zero-order valence-electron chi connectivity index (χ0n) is 11.2. The number of rotatable bonds is 4. The van der Waals surface area contributed by atoms with Crippen LogP contribution < -0.4 is 11.4 Å². The smallest absolute Gasteiger partial charge is 0.344 e. The highest BCUT2D eigenvalue weighted by Gasteiger charge is 2.17. The maximum atomic E-state index is 11.7. The van der Waals surface area contributed by atoms with Crippen molar-refractivity contribution >= 4 is 29.2 Å². The van der Waals surface area contributed by atoms with Gasteiger partial charge in [-0.3, -0.25) is 4.57 Å². The van der Waals surface area contributed by atoms with Crippen molar-refractivity contribution in [2.75, 3.05) is 0 Å². The Morgan fingerprint density at radius 3 is 2.95 bits per heavy atom. The molecule has 112 valence electrons. The molecule has 0 aromatic carbocycles. The van der Waals surface area contributed by atoms with E-state index in [1.54, 1.807) is 0 Å². The number of pyridine rings is 1. The Bertz CT molecular complexity index is 739. The van der Waals surface area contributed by atoms with Gasteiger partial charge in [0.1, 0.15) is 5.03 Å². The van der Waals surface area contributed by atoms with Crippen molar-refractivity contribution < 1.29 is 5.21 Å². The van der Waals surface area contributed by atoms with E-state index in [9.17, 15) is 4.79 Å². The van der Waals surface area contributed by atoms with E-state index in [4.69, 9.17) is 22.5 Å². The van der Waals surface area contributed by atoms with Crippen LogP contribution in [0.4, 0.5) is 0 Å². The summed E-state index contributed by atoms with van der Waals surface area (Å²) in [5.41, 5.74) is 5.58. The molecule has 0 atom stereocenters. The molecule has 0 spiro atoms. The molecule has 10 heteroatoms. The quantitative estimate of drug-likeness (QED) is 0.338. The van der Waals surface area contributed by atoms with Crippen LogP contribution in [0, 0.1) is 0 Å². The van der Waals surface area contributed by atoms with Gasteiger partial charge in [0.05, 0.1) is 5.02 Å². The number of H-pyrrole nitrogens is 1. The van der Waals surface area contributed by atoms with Crippen LogP contribution in [-0.4, -0.2) is 30.8 Å². The summed E-state index contributed by atoms with van der Waals surface area (Å²) in [5, 5.41) is 19.0. The molecule has 0 saturated heterocycles. The normalized spacial score (nSPS) is 12.1. The Labute approximate surface area is 129 Å². The standard InChI is InChI=1S/C11H13ClN6O2S/c1-5(2)18-10(19)15-16-11(18)21-9-7(12)6(3-4-14-9)8(13)17-20/h3-5,20H,1-2H3,(H2,13,17)(H,15,19). The van der Waals surface area contributed by atoms with Gasteiger partial charge < -0.3 is 10.9 Å². The first-order valence-corrected chi connectivity index (χ1v) is 7.12. The van der Waals surface area contributed by atoms with E-state index >= 15 is 0 Å². The molecule has 8 nitrogen and oxygen atoms in total. The van der Waals surface area contributed by atoms with Gasteiger partial charge in [0, 0.05) is 17.8 Å². The zero-order chi connectivity index (χ0) is 15.6. The predicted molar refractivity (Wildman–Crippen MR) is 79.1 cm³/mol. The summed E-state index contributed by atoms with van der Waals surface area (Å²) in [6, 6.07) is 1.46. The second-order valence-electron chi connectivity index (χ2n) is 4.34. The highest BCUT2D eigenvalue weighted by molar-refractivity contribution is 7.99. The van der Waals surface area contributed by atoms with Crippen LogP contribution in [0.5, 0.6) is 0 Å². The second kappa shape index (κ2) is 6.19. The first-order valence-electron chi connectivity index (χ1n) is 5.92. The number of amidine groups is 1. The number of halogens is 1. The summed E-state index contributed by atoms with van der Waals surface area (Å²) < 4.78 is 1.48. The molecule has 0 aliphatic rings. The average Bonchev–Trinajstić information content (AvgIpc) is 2.81. The maximum absolute atomic E-state index is 11.7. The maximum Gasteiger partial charge on any atom is 0.344 e. The molecule has 21 heavy (non-hydrogen) atoms. The van der Waals surface area contributed by atoms with E-state index in [-0.39, 0.29) is 22.6 Å². The van der Waals surface area contributed by atoms with Gasteiger partial charge in [-0.25, -0.2) is 14.9 Å². The van der Waals surface area contributed by atoms with Crippen molar-refractivity contribution in [3.63, 3.8) is 0 Å². The molecule has 0 fully saturated rings. The molecule has 0 saturated carbocycles. The molecule has 2 aromatic heterocycles. The number of hydrogen-bond donors (Lipinski definition) is 3. The first kappa shape index (κ1) is 15.4. The van der Waals surface area contributed by atoms with E-state index in [0.717, 1.165) is 11.8 Å². The highest BCUT2D eigenvalue weighted by atomic mass is 35.5. The third kappa shape index (κ3) is 3.03. The van der Waals surface area contributed by atoms with Gasteiger partial charge >= 0.3 is 5.69 Å². The number of nitrogens with two attached hydrogens (primary N) is 1. The van der Waals surface area contributed by atoms with E-state index in [2.05, 4.69) is 20.3 Å². The lowest BCUT2D eigenvalue weighted by Crippen LogP contribution is -2.19. The monoisotopic (exact) mass is 328 g/mol. The largest absolute Gasteiger partial charge is 0.409 e. The molecule has 0 radical (unpaired) electrons. The summed E-state index contributed by atoms with van der Waals surface area (Å²) >= 11 is 7.31. The molecule has 0 amide bonds. The molecule has 0 aliphatic carbocycles. The number of oxime groups is 1. The van der Waals surface area contributed by atoms with Crippen molar-refractivity contribution in [1.29, 1.82) is 0 Å². The zero-order valence-corrected chi connectivity index (χ0v) is 12.8. The van der Waals surface area contributed by atoms with Gasteiger partial charge in [-0.05, 0) is 31.7 Å². The van der Waals surface area contributed by atoms with Crippen LogP contribution in [0.25, 0.3) is 0 Å². The Kier molecular flexibility index (Phi) is 4.53. The predicted octanol–water partition coefficient (Wildman–Crippen LogP) is 1.45. The van der Waals surface area contributed by atoms with Crippen LogP contribution in [0.15, 0.2) is 32.4 Å². The van der Waals surface area contributed by atoms with E-state index in [1.165, 1.54) is 16.8 Å². The fourth-order valence-electron chi connectivity index (χ4n) is 1.65. The van der Waals surface area contributed by atoms with Crippen LogP contribution in [0.3, 0.4) is 0 Å². The first-order chi connectivity index (χ1) is 9.95. The van der Waals surface area contributed by atoms with Crippen LogP contribution in [0.2, 0.25) is 5.02 Å². The summed E-state index contributed by atoms with van der Waals surface area (Å²) in [5.74, 6) is -0.118. The molecule has 2 rings (SSSR count). The Morgan fingerprint density at radius 2 is 2.33 bits per heavy atom. The summed E-state index contributed by atoms with van der Waals surface area (Å²) in [6.07, 6.45) is 1.48. The molecular weight excluding hydrogens is 316 g/mol. The van der Waals surface area contributed by atoms with Gasteiger partial charge in [0.2, 0.25) is 0 Å². The molecule has 2 heterocycles. The van der Waals surface area contributed by atoms with Crippen molar-refractivity contribution in [2.45, 2.75) is 30.1 Å². The van der Waals surface area contributed by atoms with Crippen LogP contribution in [-0.2, 0) is 0 Å². The highest BCUT2D eigenvalue weighted by Crippen LogP contribution is 2.32. The summed E-state index contributed by atoms with van der Waals surface area (Å²) in [4.78, 5) is 15.8. The third-order valence-electron chi connectivity index (χ3n) is 2.62. The SMILES string of the molecule is CC(C)n1c(Sc2nccc(/C(N)=N/O)c2Cl)n[nH]c1=O. The minimum absolute atomic E-state index is 0.0650. The lowest BCUT2D eigenvalue weighted by atomic mass is 10.2. The summed E-state index contributed by atoms with van der Waals surface area (Å²) in [7, 11) is 0. The van der Waals surface area contributed by atoms with E-state index in [0.29, 0.717) is 15.7 Å². The van der Waals surface area contributed by atoms with Gasteiger partial charge in [-0.1, -0.05) is 16.8 Å². The Balaban J connectivity index is 2.44. The van der Waals surface area contributed by atoms with Crippen molar-refractivity contribution in [3.8, 4) is 0 Å². The fourth-order valence-corrected chi connectivity index (χ4v) is 2.95. The fraction of sp³-hybridized carbons (Fsp3) is 0.273. The number of nitrogens with zero attached hydrogens (tertiary/aromatic N) is 4. The van der Waals surface area contributed by atoms with E-state index < -0.39 is 0 Å². The van der Waals surface area contributed by atoms with Crippen molar-refractivity contribution in [3.05, 3.63) is 33.3 Å². The average molecular weight is 329 g/mol. The van der Waals surface area contributed by atoms with Crippen molar-refractivity contribution in [1.82, 2.24) is 19.7 Å². The van der Waals surface area contributed by atoms with Crippen molar-refractivity contribution in [2.24, 2.45) is 10.9 Å². The number of hydrogen-bond acceptors (Lipinski definition) is 6. The molecular formula is C11H13ClN6O2S. The minimum Gasteiger partial charge on any atom is -0.409 e. The lowest BCUT2D eigenvalue weighted by molar-refractivity contribution is 0.318. The van der Waals surface area contributed by atoms with Crippen LogP contribution >= 0.6 is 23.4 Å². The third-order valence-corrected chi connectivity index (χ3v) is 4.09. The van der Waals surface area contributed by atoms with Gasteiger partial charge in [-0.15, -0.1) is 5.10 Å². The number of nitrogens with one attached hydrogen (secondary N) is 1. The van der Waals surface area contributed by atoms with Crippen LogP contribution in [0.1, 0.15) is 25.5 Å². The van der Waals surface area contributed by atoms with E-state index in [1.807, 2.05) is 13.8 Å².